The Morgan fingerprint density at radius 1 is 1.30 bits per heavy atom. The highest BCUT2D eigenvalue weighted by Crippen LogP contribution is 2.14. The lowest BCUT2D eigenvalue weighted by Gasteiger charge is -2.16. The maximum absolute atomic E-state index is 11.9. The summed E-state index contributed by atoms with van der Waals surface area (Å²) in [5.41, 5.74) is 1.01. The molecule has 0 radical (unpaired) electrons. The Morgan fingerprint density at radius 3 is 2.35 bits per heavy atom. The monoisotopic (exact) mass is 279 g/mol. The van der Waals surface area contributed by atoms with E-state index in [1.165, 1.54) is 0 Å². The average molecular weight is 279 g/mol. The second-order valence-corrected chi connectivity index (χ2v) is 4.76. The van der Waals surface area contributed by atoms with Crippen molar-refractivity contribution in [1.29, 1.82) is 0 Å². The molecular weight excluding hydrogens is 258 g/mol. The van der Waals surface area contributed by atoms with Gasteiger partial charge in [0.2, 0.25) is 5.91 Å². The first-order valence-electron chi connectivity index (χ1n) is 6.64. The largest absolute Gasteiger partial charge is 0.497 e. The molecule has 5 nitrogen and oxygen atoms in total. The topological polar surface area (TPSA) is 75.6 Å². The van der Waals surface area contributed by atoms with E-state index in [0.717, 1.165) is 11.3 Å². The van der Waals surface area contributed by atoms with Gasteiger partial charge in [-0.3, -0.25) is 4.79 Å². The highest BCUT2D eigenvalue weighted by atomic mass is 16.5. The molecule has 1 amide bonds. The molecule has 0 aliphatic heterocycles. The minimum absolute atomic E-state index is 0.241. The number of carbonyl (C=O) groups excluding carboxylic acids is 1. The van der Waals surface area contributed by atoms with Crippen LogP contribution in [0.1, 0.15) is 25.8 Å². The van der Waals surface area contributed by atoms with Crippen molar-refractivity contribution in [3.05, 3.63) is 29.8 Å². The number of carboxylic acids is 1. The first kappa shape index (κ1) is 16.0. The number of benzene rings is 1. The molecule has 20 heavy (non-hydrogen) atoms. The zero-order valence-corrected chi connectivity index (χ0v) is 12.1. The summed E-state index contributed by atoms with van der Waals surface area (Å²) in [6.45, 7) is 3.52. The zero-order chi connectivity index (χ0) is 15.1. The lowest BCUT2D eigenvalue weighted by molar-refractivity contribution is -0.142. The molecule has 0 aromatic heterocycles. The molecule has 2 N–H and O–H groups in total. The average Bonchev–Trinajstić information content (AvgIpc) is 2.44. The van der Waals surface area contributed by atoms with E-state index in [1.54, 1.807) is 21.0 Å². The Balaban J connectivity index is 2.58. The van der Waals surface area contributed by atoms with Crippen molar-refractivity contribution in [3.8, 4) is 5.75 Å². The number of methoxy groups -OCH3 is 1. The van der Waals surface area contributed by atoms with Crippen LogP contribution in [0.25, 0.3) is 0 Å². The van der Waals surface area contributed by atoms with Crippen LogP contribution in [0.5, 0.6) is 5.75 Å². The minimum atomic E-state index is -1.00. The standard InChI is InChI=1S/C15H21NO4/c1-4-13(15(18)19)16-14(17)10(2)9-11-5-7-12(20-3)8-6-11/h5-8,10,13H,4,9H2,1-3H3,(H,16,17)(H,18,19). The van der Waals surface area contributed by atoms with E-state index in [4.69, 9.17) is 9.84 Å². The van der Waals surface area contributed by atoms with Crippen LogP contribution in [-0.4, -0.2) is 30.1 Å². The van der Waals surface area contributed by atoms with Crippen LogP contribution in [0.2, 0.25) is 0 Å². The van der Waals surface area contributed by atoms with E-state index in [0.29, 0.717) is 12.8 Å². The number of carbonyl (C=O) groups is 2. The van der Waals surface area contributed by atoms with Crippen LogP contribution in [0.4, 0.5) is 0 Å². The summed E-state index contributed by atoms with van der Waals surface area (Å²) in [6, 6.07) is 6.66. The van der Waals surface area contributed by atoms with Gasteiger partial charge in [0.25, 0.3) is 0 Å². The maximum atomic E-state index is 11.9. The Hall–Kier alpha value is -2.04. The van der Waals surface area contributed by atoms with Crippen molar-refractivity contribution in [2.45, 2.75) is 32.7 Å². The summed E-state index contributed by atoms with van der Waals surface area (Å²) in [5.74, 6) is -0.757. The first-order chi connectivity index (χ1) is 9.47. The highest BCUT2D eigenvalue weighted by Gasteiger charge is 2.21. The zero-order valence-electron chi connectivity index (χ0n) is 12.1. The molecule has 1 aromatic carbocycles. The van der Waals surface area contributed by atoms with Crippen LogP contribution in [0.15, 0.2) is 24.3 Å². The van der Waals surface area contributed by atoms with Gasteiger partial charge in [-0.15, -0.1) is 0 Å². The van der Waals surface area contributed by atoms with Gasteiger partial charge in [-0.1, -0.05) is 26.0 Å². The fourth-order valence-electron chi connectivity index (χ4n) is 1.86. The third kappa shape index (κ3) is 4.57. The van der Waals surface area contributed by atoms with Crippen LogP contribution in [0, 0.1) is 5.92 Å². The Bertz CT molecular complexity index is 455. The number of hydrogen-bond acceptors (Lipinski definition) is 3. The summed E-state index contributed by atoms with van der Waals surface area (Å²) in [4.78, 5) is 22.8. The Kier molecular flexibility index (Phi) is 6.03. The quantitative estimate of drug-likeness (QED) is 0.798. The molecule has 0 aliphatic rings. The molecule has 0 aliphatic carbocycles. The summed E-state index contributed by atoms with van der Waals surface area (Å²) in [7, 11) is 1.60. The van der Waals surface area contributed by atoms with Gasteiger partial charge in [0.1, 0.15) is 11.8 Å². The van der Waals surface area contributed by atoms with E-state index in [2.05, 4.69) is 5.32 Å². The van der Waals surface area contributed by atoms with Crippen molar-refractivity contribution in [2.24, 2.45) is 5.92 Å². The number of carboxylic acid groups (broad SMARTS) is 1. The molecule has 0 heterocycles. The van der Waals surface area contributed by atoms with Gasteiger partial charge in [0, 0.05) is 5.92 Å². The van der Waals surface area contributed by atoms with Crippen molar-refractivity contribution >= 4 is 11.9 Å². The van der Waals surface area contributed by atoms with E-state index >= 15 is 0 Å². The molecule has 0 saturated heterocycles. The number of nitrogens with one attached hydrogen (secondary N) is 1. The summed E-state index contributed by atoms with van der Waals surface area (Å²) in [6.07, 6.45) is 0.933. The summed E-state index contributed by atoms with van der Waals surface area (Å²) < 4.78 is 5.07. The number of ether oxygens (including phenoxy) is 1. The second-order valence-electron chi connectivity index (χ2n) is 4.76. The number of hydrogen-bond donors (Lipinski definition) is 2. The van der Waals surface area contributed by atoms with Crippen molar-refractivity contribution in [3.63, 3.8) is 0 Å². The Morgan fingerprint density at radius 2 is 1.90 bits per heavy atom. The van der Waals surface area contributed by atoms with E-state index in [1.807, 2.05) is 24.3 Å². The molecule has 1 aromatic rings. The molecule has 1 rings (SSSR count). The normalized spacial score (nSPS) is 13.3. The smallest absolute Gasteiger partial charge is 0.326 e. The molecule has 0 spiro atoms. The van der Waals surface area contributed by atoms with Gasteiger partial charge < -0.3 is 15.2 Å². The maximum Gasteiger partial charge on any atom is 0.326 e. The van der Waals surface area contributed by atoms with Crippen molar-refractivity contribution in [2.75, 3.05) is 7.11 Å². The number of rotatable bonds is 7. The van der Waals surface area contributed by atoms with E-state index in [-0.39, 0.29) is 11.8 Å². The third-order valence-electron chi connectivity index (χ3n) is 3.17. The predicted molar refractivity (Wildman–Crippen MR) is 75.7 cm³/mol. The molecule has 0 fully saturated rings. The van der Waals surface area contributed by atoms with Gasteiger partial charge in [-0.05, 0) is 30.5 Å². The number of amides is 1. The third-order valence-corrected chi connectivity index (χ3v) is 3.17. The van der Waals surface area contributed by atoms with Crippen LogP contribution in [0.3, 0.4) is 0 Å². The van der Waals surface area contributed by atoms with Crippen LogP contribution >= 0.6 is 0 Å². The summed E-state index contributed by atoms with van der Waals surface area (Å²) in [5, 5.41) is 11.5. The molecule has 0 saturated carbocycles. The van der Waals surface area contributed by atoms with Gasteiger partial charge in [0.05, 0.1) is 7.11 Å². The fraction of sp³-hybridized carbons (Fsp3) is 0.467. The summed E-state index contributed by atoms with van der Waals surface area (Å²) >= 11 is 0. The Labute approximate surface area is 118 Å². The molecule has 2 unspecified atom stereocenters. The van der Waals surface area contributed by atoms with Gasteiger partial charge in [-0.25, -0.2) is 4.79 Å². The van der Waals surface area contributed by atoms with Crippen LogP contribution in [-0.2, 0) is 16.0 Å². The first-order valence-corrected chi connectivity index (χ1v) is 6.64. The fourth-order valence-corrected chi connectivity index (χ4v) is 1.86. The molecule has 0 bridgehead atoms. The minimum Gasteiger partial charge on any atom is -0.497 e. The SMILES string of the molecule is CCC(NC(=O)C(C)Cc1ccc(OC)cc1)C(=O)O. The molecule has 2 atom stereocenters. The lowest BCUT2D eigenvalue weighted by Crippen LogP contribution is -2.43. The molecule has 110 valence electrons. The second kappa shape index (κ2) is 7.53. The van der Waals surface area contributed by atoms with Gasteiger partial charge in [0.15, 0.2) is 0 Å². The van der Waals surface area contributed by atoms with Crippen molar-refractivity contribution in [1.82, 2.24) is 5.32 Å². The van der Waals surface area contributed by atoms with E-state index in [9.17, 15) is 9.59 Å². The van der Waals surface area contributed by atoms with E-state index < -0.39 is 12.0 Å². The molecule has 5 heteroatoms. The predicted octanol–water partition coefficient (Wildman–Crippen LogP) is 1.85. The number of aliphatic carboxylic acids is 1. The van der Waals surface area contributed by atoms with Gasteiger partial charge >= 0.3 is 5.97 Å². The highest BCUT2D eigenvalue weighted by molar-refractivity contribution is 5.84. The molecular formula is C15H21NO4. The van der Waals surface area contributed by atoms with Crippen LogP contribution < -0.4 is 10.1 Å². The van der Waals surface area contributed by atoms with Crippen molar-refractivity contribution < 1.29 is 19.4 Å². The lowest BCUT2D eigenvalue weighted by atomic mass is 10.00. The van der Waals surface area contributed by atoms with Gasteiger partial charge in [-0.2, -0.15) is 0 Å².